The highest BCUT2D eigenvalue weighted by atomic mass is 32.1. The van der Waals surface area contributed by atoms with Gasteiger partial charge in [0, 0.05) is 5.56 Å². The minimum atomic E-state index is -1.09. The number of para-hydroxylation sites is 1. The average Bonchev–Trinajstić information content (AvgIpc) is 3.11. The molecule has 7 heteroatoms. The van der Waals surface area contributed by atoms with E-state index in [1.54, 1.807) is 13.0 Å². The molecule has 29 heavy (non-hydrogen) atoms. The Labute approximate surface area is 172 Å². The number of anilines is 1. The minimum absolute atomic E-state index is 0.0344. The highest BCUT2D eigenvalue weighted by Gasteiger charge is 2.23. The lowest BCUT2D eigenvalue weighted by molar-refractivity contribution is -0.123. The molecule has 1 heterocycles. The predicted octanol–water partition coefficient (Wildman–Crippen LogP) is 5.00. The van der Waals surface area contributed by atoms with Crippen LogP contribution in [-0.2, 0) is 16.0 Å². The number of nitrogens with one attached hydrogen (secondary N) is 1. The fourth-order valence-electron chi connectivity index (χ4n) is 2.66. The zero-order valence-electron chi connectivity index (χ0n) is 16.4. The number of ether oxygens (including phenoxy) is 1. The summed E-state index contributed by atoms with van der Waals surface area (Å²) in [4.78, 5) is 29.6. The monoisotopic (exact) mass is 412 g/mol. The molecule has 1 amide bonds. The van der Waals surface area contributed by atoms with Gasteiger partial charge in [-0.15, -0.1) is 11.3 Å². The zero-order valence-corrected chi connectivity index (χ0v) is 17.2. The third-order valence-corrected chi connectivity index (χ3v) is 5.56. The van der Waals surface area contributed by atoms with Crippen LogP contribution < -0.4 is 5.32 Å². The Bertz CT molecular complexity index is 1030. The van der Waals surface area contributed by atoms with Crippen molar-refractivity contribution in [2.24, 2.45) is 0 Å². The Kier molecular flexibility index (Phi) is 6.39. The highest BCUT2D eigenvalue weighted by Crippen LogP contribution is 2.29. The van der Waals surface area contributed by atoms with Crippen molar-refractivity contribution in [3.8, 4) is 10.6 Å². The quantitative estimate of drug-likeness (QED) is 0.578. The van der Waals surface area contributed by atoms with Crippen molar-refractivity contribution in [3.05, 3.63) is 70.5 Å². The summed E-state index contributed by atoms with van der Waals surface area (Å²) in [6, 6.07) is 13.8. The van der Waals surface area contributed by atoms with Gasteiger partial charge in [-0.3, -0.25) is 4.79 Å². The van der Waals surface area contributed by atoms with Crippen LogP contribution in [0.25, 0.3) is 10.6 Å². The number of aromatic nitrogens is 1. The summed E-state index contributed by atoms with van der Waals surface area (Å²) in [6.45, 7) is 5.25. The van der Waals surface area contributed by atoms with E-state index >= 15 is 0 Å². The van der Waals surface area contributed by atoms with E-state index < -0.39 is 23.8 Å². The van der Waals surface area contributed by atoms with Gasteiger partial charge in [-0.25, -0.2) is 14.2 Å². The largest absolute Gasteiger partial charge is 0.448 e. The fourth-order valence-corrected chi connectivity index (χ4v) is 3.61. The van der Waals surface area contributed by atoms with Gasteiger partial charge in [0.2, 0.25) is 0 Å². The molecule has 1 N–H and O–H groups in total. The van der Waals surface area contributed by atoms with E-state index in [0.29, 0.717) is 15.6 Å². The lowest BCUT2D eigenvalue weighted by Gasteiger charge is -2.13. The van der Waals surface area contributed by atoms with Crippen LogP contribution in [-0.4, -0.2) is 23.0 Å². The molecule has 150 valence electrons. The van der Waals surface area contributed by atoms with Crippen LogP contribution in [0.5, 0.6) is 0 Å². The van der Waals surface area contributed by atoms with Crippen LogP contribution in [0.1, 0.15) is 34.8 Å². The van der Waals surface area contributed by atoms with Gasteiger partial charge in [-0.2, -0.15) is 0 Å². The van der Waals surface area contributed by atoms with Crippen LogP contribution in [0.4, 0.5) is 10.1 Å². The molecule has 0 bridgehead atoms. The van der Waals surface area contributed by atoms with Crippen molar-refractivity contribution in [2.75, 3.05) is 5.32 Å². The second kappa shape index (κ2) is 8.96. The molecule has 1 aromatic heterocycles. The Morgan fingerprint density at radius 1 is 1.17 bits per heavy atom. The van der Waals surface area contributed by atoms with E-state index in [-0.39, 0.29) is 5.69 Å². The van der Waals surface area contributed by atoms with E-state index in [2.05, 4.69) is 17.2 Å². The maximum Gasteiger partial charge on any atom is 0.351 e. The molecule has 2 aromatic carbocycles. The molecule has 0 radical (unpaired) electrons. The second-order valence-electron chi connectivity index (χ2n) is 6.50. The Balaban J connectivity index is 1.69. The number of benzene rings is 2. The van der Waals surface area contributed by atoms with Gasteiger partial charge in [0.25, 0.3) is 5.91 Å². The minimum Gasteiger partial charge on any atom is -0.448 e. The van der Waals surface area contributed by atoms with Crippen LogP contribution in [0.3, 0.4) is 0 Å². The lowest BCUT2D eigenvalue weighted by atomic mass is 10.1. The number of nitrogens with zero attached hydrogens (tertiary/aromatic N) is 1. The van der Waals surface area contributed by atoms with Crippen molar-refractivity contribution in [3.63, 3.8) is 0 Å². The standard InChI is InChI=1S/C22H21FN2O3S/c1-4-15-9-11-16(12-10-15)21-24-13(2)19(29-21)22(27)28-14(3)20(26)25-18-8-6-5-7-17(18)23/h5-12,14H,4H2,1-3H3,(H,25,26)/t14-/m1/s1. The van der Waals surface area contributed by atoms with E-state index in [1.165, 1.54) is 42.0 Å². The number of aryl methyl sites for hydroxylation is 2. The summed E-state index contributed by atoms with van der Waals surface area (Å²) >= 11 is 1.22. The second-order valence-corrected chi connectivity index (χ2v) is 7.50. The third-order valence-electron chi connectivity index (χ3n) is 4.38. The summed E-state index contributed by atoms with van der Waals surface area (Å²) in [5.74, 6) is -1.80. The molecule has 0 fully saturated rings. The first-order valence-electron chi connectivity index (χ1n) is 9.22. The maximum atomic E-state index is 13.7. The number of thiazole rings is 1. The number of amides is 1. The number of carbonyl (C=O) groups excluding carboxylic acids is 2. The van der Waals surface area contributed by atoms with Gasteiger partial charge >= 0.3 is 5.97 Å². The molecular formula is C22H21FN2O3S. The molecule has 0 spiro atoms. The molecular weight excluding hydrogens is 391 g/mol. The third kappa shape index (κ3) is 4.86. The SMILES string of the molecule is CCc1ccc(-c2nc(C)c(C(=O)O[C@H](C)C(=O)Nc3ccccc3F)s2)cc1. The summed E-state index contributed by atoms with van der Waals surface area (Å²) in [7, 11) is 0. The Hall–Kier alpha value is -3.06. The van der Waals surface area contributed by atoms with Gasteiger partial charge < -0.3 is 10.1 Å². The van der Waals surface area contributed by atoms with Crippen molar-refractivity contribution < 1.29 is 18.7 Å². The molecule has 0 aliphatic carbocycles. The van der Waals surface area contributed by atoms with E-state index in [1.807, 2.05) is 24.3 Å². The molecule has 3 aromatic rings. The Morgan fingerprint density at radius 3 is 2.52 bits per heavy atom. The van der Waals surface area contributed by atoms with Gasteiger partial charge in [-0.05, 0) is 38.0 Å². The van der Waals surface area contributed by atoms with E-state index in [9.17, 15) is 14.0 Å². The molecule has 1 atom stereocenters. The van der Waals surface area contributed by atoms with Gasteiger partial charge in [0.1, 0.15) is 15.7 Å². The summed E-state index contributed by atoms with van der Waals surface area (Å²) in [5, 5.41) is 3.13. The van der Waals surface area contributed by atoms with Crippen LogP contribution in [0.2, 0.25) is 0 Å². The van der Waals surface area contributed by atoms with Crippen molar-refractivity contribution in [1.82, 2.24) is 4.98 Å². The van der Waals surface area contributed by atoms with Crippen molar-refractivity contribution in [2.45, 2.75) is 33.3 Å². The number of carbonyl (C=O) groups is 2. The lowest BCUT2D eigenvalue weighted by Crippen LogP contribution is -2.30. The molecule has 3 rings (SSSR count). The first-order chi connectivity index (χ1) is 13.9. The predicted molar refractivity (Wildman–Crippen MR) is 112 cm³/mol. The van der Waals surface area contributed by atoms with Crippen molar-refractivity contribution in [1.29, 1.82) is 0 Å². The molecule has 0 unspecified atom stereocenters. The van der Waals surface area contributed by atoms with E-state index in [0.717, 1.165) is 12.0 Å². The van der Waals surface area contributed by atoms with Crippen LogP contribution in [0, 0.1) is 12.7 Å². The fraction of sp³-hybridized carbons (Fsp3) is 0.227. The topological polar surface area (TPSA) is 68.3 Å². The molecule has 0 saturated carbocycles. The Morgan fingerprint density at radius 2 is 1.86 bits per heavy atom. The summed E-state index contributed by atoms with van der Waals surface area (Å²) in [6.07, 6.45) is -0.141. The zero-order chi connectivity index (χ0) is 21.0. The first kappa shape index (κ1) is 20.7. The van der Waals surface area contributed by atoms with Gasteiger partial charge in [-0.1, -0.05) is 43.3 Å². The highest BCUT2D eigenvalue weighted by molar-refractivity contribution is 7.17. The molecule has 5 nitrogen and oxygen atoms in total. The number of hydrogen-bond donors (Lipinski definition) is 1. The van der Waals surface area contributed by atoms with E-state index in [4.69, 9.17) is 4.74 Å². The first-order valence-corrected chi connectivity index (χ1v) is 10.0. The number of hydrogen-bond acceptors (Lipinski definition) is 5. The number of halogens is 1. The number of rotatable bonds is 6. The number of esters is 1. The summed E-state index contributed by atoms with van der Waals surface area (Å²) in [5.41, 5.74) is 2.71. The maximum absolute atomic E-state index is 13.7. The van der Waals surface area contributed by atoms with Gasteiger partial charge in [0.15, 0.2) is 6.10 Å². The van der Waals surface area contributed by atoms with Crippen LogP contribution >= 0.6 is 11.3 Å². The van der Waals surface area contributed by atoms with Gasteiger partial charge in [0.05, 0.1) is 11.4 Å². The molecule has 0 saturated heterocycles. The molecule has 0 aliphatic heterocycles. The average molecular weight is 412 g/mol. The normalized spacial score (nSPS) is 11.7. The van der Waals surface area contributed by atoms with Crippen molar-refractivity contribution >= 4 is 28.9 Å². The smallest absolute Gasteiger partial charge is 0.351 e. The van der Waals surface area contributed by atoms with Crippen LogP contribution in [0.15, 0.2) is 48.5 Å². The molecule has 0 aliphatic rings. The summed E-state index contributed by atoms with van der Waals surface area (Å²) < 4.78 is 19.0.